The SMILES string of the molecule is C=CC(=O)N[C@H]1CC[C@@H](Nc2nc(Cl)nc3cc[nH]c23)CC1. The van der Waals surface area contributed by atoms with Crippen molar-refractivity contribution in [1.29, 1.82) is 0 Å². The number of fused-ring (bicyclic) bond motifs is 1. The van der Waals surface area contributed by atoms with E-state index in [-0.39, 0.29) is 17.2 Å². The van der Waals surface area contributed by atoms with E-state index < -0.39 is 0 Å². The van der Waals surface area contributed by atoms with Gasteiger partial charge in [-0.2, -0.15) is 4.98 Å². The van der Waals surface area contributed by atoms with Crippen molar-refractivity contribution in [1.82, 2.24) is 20.3 Å². The molecule has 0 bridgehead atoms. The third-order valence-corrected chi connectivity index (χ3v) is 4.15. The van der Waals surface area contributed by atoms with Gasteiger partial charge in [-0.3, -0.25) is 4.79 Å². The lowest BCUT2D eigenvalue weighted by Gasteiger charge is -2.29. The lowest BCUT2D eigenvalue weighted by atomic mass is 9.91. The molecule has 1 fully saturated rings. The van der Waals surface area contributed by atoms with Crippen LogP contribution >= 0.6 is 11.6 Å². The minimum atomic E-state index is -0.105. The average molecular weight is 320 g/mol. The molecule has 2 aromatic heterocycles. The summed E-state index contributed by atoms with van der Waals surface area (Å²) in [6.45, 7) is 3.47. The van der Waals surface area contributed by atoms with Gasteiger partial charge in [-0.1, -0.05) is 6.58 Å². The Kier molecular flexibility index (Phi) is 4.29. The molecular weight excluding hydrogens is 302 g/mol. The number of rotatable bonds is 4. The molecule has 0 unspecified atom stereocenters. The van der Waals surface area contributed by atoms with E-state index in [1.165, 1.54) is 6.08 Å². The Balaban J connectivity index is 1.63. The van der Waals surface area contributed by atoms with Crippen LogP contribution in [-0.4, -0.2) is 32.9 Å². The quantitative estimate of drug-likeness (QED) is 0.597. The zero-order valence-electron chi connectivity index (χ0n) is 12.1. The van der Waals surface area contributed by atoms with Gasteiger partial charge in [0.15, 0.2) is 5.82 Å². The van der Waals surface area contributed by atoms with Crippen LogP contribution in [0.15, 0.2) is 24.9 Å². The predicted molar refractivity (Wildman–Crippen MR) is 86.9 cm³/mol. The summed E-state index contributed by atoms with van der Waals surface area (Å²) in [5.74, 6) is 0.630. The van der Waals surface area contributed by atoms with Crippen molar-refractivity contribution in [2.24, 2.45) is 0 Å². The topological polar surface area (TPSA) is 82.7 Å². The minimum absolute atomic E-state index is 0.105. The molecular formula is C15H18ClN5O. The van der Waals surface area contributed by atoms with Crippen molar-refractivity contribution in [2.75, 3.05) is 5.32 Å². The summed E-state index contributed by atoms with van der Waals surface area (Å²) in [5, 5.41) is 6.63. The molecule has 22 heavy (non-hydrogen) atoms. The summed E-state index contributed by atoms with van der Waals surface area (Å²) >= 11 is 5.96. The van der Waals surface area contributed by atoms with Gasteiger partial charge in [0, 0.05) is 18.3 Å². The molecule has 1 aliphatic carbocycles. The number of H-pyrrole nitrogens is 1. The Morgan fingerprint density at radius 2 is 2.05 bits per heavy atom. The second-order valence-electron chi connectivity index (χ2n) is 5.48. The number of aromatic nitrogens is 3. The zero-order chi connectivity index (χ0) is 15.5. The smallest absolute Gasteiger partial charge is 0.243 e. The number of carbonyl (C=O) groups excluding carboxylic acids is 1. The van der Waals surface area contributed by atoms with Gasteiger partial charge in [-0.05, 0) is 49.4 Å². The lowest BCUT2D eigenvalue weighted by Crippen LogP contribution is -2.39. The molecule has 3 rings (SSSR count). The third-order valence-electron chi connectivity index (χ3n) is 3.98. The second-order valence-corrected chi connectivity index (χ2v) is 5.82. The first-order valence-electron chi connectivity index (χ1n) is 7.36. The fourth-order valence-electron chi connectivity index (χ4n) is 2.86. The van der Waals surface area contributed by atoms with Crippen LogP contribution in [0.2, 0.25) is 5.28 Å². The summed E-state index contributed by atoms with van der Waals surface area (Å²) in [7, 11) is 0. The monoisotopic (exact) mass is 319 g/mol. The first kappa shape index (κ1) is 14.8. The van der Waals surface area contributed by atoms with Crippen molar-refractivity contribution in [3.05, 3.63) is 30.2 Å². The molecule has 0 aromatic carbocycles. The number of anilines is 1. The molecule has 2 heterocycles. The van der Waals surface area contributed by atoms with Crippen LogP contribution in [0.5, 0.6) is 0 Å². The highest BCUT2D eigenvalue weighted by Crippen LogP contribution is 2.25. The standard InChI is InChI=1S/C15H18ClN5O/c1-2-12(22)18-9-3-5-10(6-4-9)19-14-13-11(7-8-17-13)20-15(16)21-14/h2,7-10,17H,1,3-6H2,(H,18,22)(H,19,20,21)/t9-,10+. The second kappa shape index (κ2) is 6.36. The molecule has 6 nitrogen and oxygen atoms in total. The normalized spacial score (nSPS) is 21.5. The maximum atomic E-state index is 11.3. The van der Waals surface area contributed by atoms with E-state index in [0.29, 0.717) is 6.04 Å². The van der Waals surface area contributed by atoms with E-state index in [1.807, 2.05) is 12.3 Å². The Hall–Kier alpha value is -2.08. The van der Waals surface area contributed by atoms with E-state index in [2.05, 4.69) is 32.2 Å². The van der Waals surface area contributed by atoms with Crippen LogP contribution in [0.25, 0.3) is 11.0 Å². The first-order valence-corrected chi connectivity index (χ1v) is 7.73. The Bertz CT molecular complexity index is 690. The summed E-state index contributed by atoms with van der Waals surface area (Å²) in [6.07, 6.45) is 6.93. The van der Waals surface area contributed by atoms with E-state index in [9.17, 15) is 4.79 Å². The molecule has 0 radical (unpaired) electrons. The fourth-order valence-corrected chi connectivity index (χ4v) is 3.03. The number of halogens is 1. The average Bonchev–Trinajstić information content (AvgIpc) is 2.97. The van der Waals surface area contributed by atoms with Crippen molar-refractivity contribution < 1.29 is 4.79 Å². The molecule has 1 aliphatic rings. The summed E-state index contributed by atoms with van der Waals surface area (Å²) < 4.78 is 0. The summed E-state index contributed by atoms with van der Waals surface area (Å²) in [4.78, 5) is 22.9. The third kappa shape index (κ3) is 3.22. The Morgan fingerprint density at radius 1 is 1.32 bits per heavy atom. The first-order chi connectivity index (χ1) is 10.7. The van der Waals surface area contributed by atoms with Crippen molar-refractivity contribution in [3.8, 4) is 0 Å². The van der Waals surface area contributed by atoms with E-state index in [0.717, 1.165) is 42.5 Å². The number of nitrogens with one attached hydrogen (secondary N) is 3. The molecule has 0 spiro atoms. The fraction of sp³-hybridized carbons (Fsp3) is 0.400. The maximum absolute atomic E-state index is 11.3. The minimum Gasteiger partial charge on any atom is -0.365 e. The molecule has 3 N–H and O–H groups in total. The summed E-state index contributed by atoms with van der Waals surface area (Å²) in [5.41, 5.74) is 1.67. The van der Waals surface area contributed by atoms with E-state index in [4.69, 9.17) is 11.6 Å². The summed E-state index contributed by atoms with van der Waals surface area (Å²) in [6, 6.07) is 2.41. The predicted octanol–water partition coefficient (Wildman–Crippen LogP) is 2.64. The molecule has 2 aromatic rings. The maximum Gasteiger partial charge on any atom is 0.243 e. The highest BCUT2D eigenvalue weighted by Gasteiger charge is 2.23. The number of carbonyl (C=O) groups is 1. The van der Waals surface area contributed by atoms with Gasteiger partial charge in [0.1, 0.15) is 5.52 Å². The molecule has 1 amide bonds. The van der Waals surface area contributed by atoms with Gasteiger partial charge in [-0.15, -0.1) is 0 Å². The molecule has 116 valence electrons. The van der Waals surface area contributed by atoms with Crippen LogP contribution < -0.4 is 10.6 Å². The molecule has 1 saturated carbocycles. The highest BCUT2D eigenvalue weighted by atomic mass is 35.5. The van der Waals surface area contributed by atoms with Gasteiger partial charge in [-0.25, -0.2) is 4.98 Å². The van der Waals surface area contributed by atoms with E-state index in [1.54, 1.807) is 0 Å². The van der Waals surface area contributed by atoms with Crippen molar-refractivity contribution in [2.45, 2.75) is 37.8 Å². The molecule has 7 heteroatoms. The number of hydrogen-bond donors (Lipinski definition) is 3. The van der Waals surface area contributed by atoms with Gasteiger partial charge >= 0.3 is 0 Å². The van der Waals surface area contributed by atoms with Crippen molar-refractivity contribution >= 4 is 34.4 Å². The Morgan fingerprint density at radius 3 is 2.77 bits per heavy atom. The molecule has 0 atom stereocenters. The van der Waals surface area contributed by atoms with Crippen molar-refractivity contribution in [3.63, 3.8) is 0 Å². The number of amides is 1. The largest absolute Gasteiger partial charge is 0.365 e. The molecule has 0 saturated heterocycles. The Labute approximate surface area is 133 Å². The van der Waals surface area contributed by atoms with Gasteiger partial charge in [0.25, 0.3) is 0 Å². The van der Waals surface area contributed by atoms with Crippen LogP contribution in [0.1, 0.15) is 25.7 Å². The van der Waals surface area contributed by atoms with Crippen LogP contribution in [0.4, 0.5) is 5.82 Å². The number of hydrogen-bond acceptors (Lipinski definition) is 4. The highest BCUT2D eigenvalue weighted by molar-refractivity contribution is 6.28. The van der Waals surface area contributed by atoms with Gasteiger partial charge < -0.3 is 15.6 Å². The van der Waals surface area contributed by atoms with Crippen LogP contribution in [0, 0.1) is 0 Å². The number of nitrogens with zero attached hydrogens (tertiary/aromatic N) is 2. The molecule has 0 aliphatic heterocycles. The van der Waals surface area contributed by atoms with E-state index >= 15 is 0 Å². The van der Waals surface area contributed by atoms with Gasteiger partial charge in [0.2, 0.25) is 11.2 Å². The lowest BCUT2D eigenvalue weighted by molar-refractivity contribution is -0.117. The zero-order valence-corrected chi connectivity index (χ0v) is 12.9. The number of aromatic amines is 1. The van der Waals surface area contributed by atoms with Gasteiger partial charge in [0.05, 0.1) is 5.52 Å². The van der Waals surface area contributed by atoms with Crippen LogP contribution in [0.3, 0.4) is 0 Å². The van der Waals surface area contributed by atoms with Crippen LogP contribution in [-0.2, 0) is 4.79 Å².